The molecular formula is C23H17N3. The minimum absolute atomic E-state index is 1.10. The number of benzene rings is 3. The molecule has 3 nitrogen and oxygen atoms in total. The average molecular weight is 335 g/mol. The predicted octanol–water partition coefficient (Wildman–Crippen LogP) is 5.69. The molecule has 26 heavy (non-hydrogen) atoms. The van der Waals surface area contributed by atoms with Crippen molar-refractivity contribution in [2.24, 2.45) is 0 Å². The minimum atomic E-state index is 1.10. The van der Waals surface area contributed by atoms with Crippen molar-refractivity contribution in [3.05, 3.63) is 97.6 Å². The highest BCUT2D eigenvalue weighted by Crippen LogP contribution is 2.34. The number of fused-ring (bicyclic) bond motifs is 1. The van der Waals surface area contributed by atoms with Crippen LogP contribution in [0.2, 0.25) is 0 Å². The Balaban J connectivity index is 1.67. The second-order valence-electron chi connectivity index (χ2n) is 6.31. The molecule has 0 atom stereocenters. The Morgan fingerprint density at radius 2 is 1.38 bits per heavy atom. The van der Waals surface area contributed by atoms with E-state index in [2.05, 4.69) is 87.3 Å². The zero-order valence-corrected chi connectivity index (χ0v) is 14.1. The van der Waals surface area contributed by atoms with Crippen LogP contribution in [0.15, 0.2) is 97.6 Å². The van der Waals surface area contributed by atoms with Gasteiger partial charge < -0.3 is 9.55 Å². The molecule has 0 aliphatic carbocycles. The molecule has 0 aliphatic heterocycles. The van der Waals surface area contributed by atoms with Crippen molar-refractivity contribution in [2.45, 2.75) is 0 Å². The molecule has 1 N–H and O–H groups in total. The first-order valence-corrected chi connectivity index (χ1v) is 8.65. The van der Waals surface area contributed by atoms with Crippen LogP contribution in [0.5, 0.6) is 0 Å². The normalized spacial score (nSPS) is 11.1. The molecule has 0 unspecified atom stereocenters. The van der Waals surface area contributed by atoms with Gasteiger partial charge in [-0.2, -0.15) is 0 Å². The van der Waals surface area contributed by atoms with Crippen molar-refractivity contribution in [1.82, 2.24) is 14.5 Å². The highest BCUT2D eigenvalue weighted by Gasteiger charge is 2.14. The molecule has 2 aromatic heterocycles. The summed E-state index contributed by atoms with van der Waals surface area (Å²) < 4.78 is 2.07. The van der Waals surface area contributed by atoms with Crippen LogP contribution in [0.3, 0.4) is 0 Å². The second-order valence-corrected chi connectivity index (χ2v) is 6.31. The number of aromatic nitrogens is 3. The zero-order chi connectivity index (χ0) is 17.3. The number of imidazole rings is 1. The van der Waals surface area contributed by atoms with E-state index in [4.69, 9.17) is 0 Å². The maximum Gasteiger partial charge on any atom is 0.0992 e. The van der Waals surface area contributed by atoms with Crippen LogP contribution in [0.1, 0.15) is 0 Å². The number of aromatic amines is 1. The standard InChI is InChI=1S/C23H17N3/c1-2-6-17(7-3-1)18-10-12-19(13-11-18)22-23(26-15-14-24-16-26)20-8-4-5-9-21(20)25-22/h1-16,25H. The van der Waals surface area contributed by atoms with Gasteiger partial charge in [0.25, 0.3) is 0 Å². The highest BCUT2D eigenvalue weighted by molar-refractivity contribution is 5.96. The van der Waals surface area contributed by atoms with Gasteiger partial charge in [-0.3, -0.25) is 0 Å². The first-order valence-electron chi connectivity index (χ1n) is 8.65. The van der Waals surface area contributed by atoms with Gasteiger partial charge in [-0.1, -0.05) is 72.8 Å². The van der Waals surface area contributed by atoms with Gasteiger partial charge in [0.05, 0.1) is 17.7 Å². The topological polar surface area (TPSA) is 33.6 Å². The third-order valence-electron chi connectivity index (χ3n) is 4.72. The van der Waals surface area contributed by atoms with Crippen molar-refractivity contribution in [3.63, 3.8) is 0 Å². The fourth-order valence-corrected chi connectivity index (χ4v) is 3.46. The monoisotopic (exact) mass is 335 g/mol. The molecule has 124 valence electrons. The minimum Gasteiger partial charge on any atom is -0.353 e. The van der Waals surface area contributed by atoms with E-state index in [1.807, 2.05) is 24.8 Å². The van der Waals surface area contributed by atoms with Gasteiger partial charge in [-0.25, -0.2) is 4.98 Å². The van der Waals surface area contributed by atoms with Crippen molar-refractivity contribution < 1.29 is 0 Å². The number of hydrogen-bond donors (Lipinski definition) is 1. The summed E-state index contributed by atoms with van der Waals surface area (Å²) in [5.74, 6) is 0. The summed E-state index contributed by atoms with van der Waals surface area (Å²) in [4.78, 5) is 7.80. The van der Waals surface area contributed by atoms with Crippen molar-refractivity contribution in [3.8, 4) is 28.1 Å². The number of H-pyrrole nitrogens is 1. The number of rotatable bonds is 3. The summed E-state index contributed by atoms with van der Waals surface area (Å²) >= 11 is 0. The third kappa shape index (κ3) is 2.42. The van der Waals surface area contributed by atoms with E-state index in [0.717, 1.165) is 22.5 Å². The van der Waals surface area contributed by atoms with Gasteiger partial charge in [0.2, 0.25) is 0 Å². The number of nitrogens with zero attached hydrogens (tertiary/aromatic N) is 2. The van der Waals surface area contributed by atoms with Crippen LogP contribution in [0, 0.1) is 0 Å². The fraction of sp³-hybridized carbons (Fsp3) is 0. The molecule has 3 aromatic carbocycles. The molecule has 5 rings (SSSR count). The Morgan fingerprint density at radius 1 is 0.692 bits per heavy atom. The second kappa shape index (κ2) is 6.05. The van der Waals surface area contributed by atoms with Gasteiger partial charge in [0.1, 0.15) is 0 Å². The van der Waals surface area contributed by atoms with E-state index in [0.29, 0.717) is 0 Å². The summed E-state index contributed by atoms with van der Waals surface area (Å²) in [7, 11) is 0. The largest absolute Gasteiger partial charge is 0.353 e. The smallest absolute Gasteiger partial charge is 0.0992 e. The fourth-order valence-electron chi connectivity index (χ4n) is 3.46. The maximum absolute atomic E-state index is 4.22. The third-order valence-corrected chi connectivity index (χ3v) is 4.72. The van der Waals surface area contributed by atoms with Gasteiger partial charge in [0, 0.05) is 28.9 Å². The maximum atomic E-state index is 4.22. The van der Waals surface area contributed by atoms with Crippen LogP contribution in [-0.2, 0) is 0 Å². The van der Waals surface area contributed by atoms with Crippen LogP contribution < -0.4 is 0 Å². The van der Waals surface area contributed by atoms with E-state index >= 15 is 0 Å². The molecule has 0 aliphatic rings. The first-order chi connectivity index (χ1) is 12.9. The van der Waals surface area contributed by atoms with E-state index in [-0.39, 0.29) is 0 Å². The van der Waals surface area contributed by atoms with Gasteiger partial charge in [0.15, 0.2) is 0 Å². The Labute approximate surface area is 151 Å². The van der Waals surface area contributed by atoms with Crippen molar-refractivity contribution >= 4 is 10.9 Å². The van der Waals surface area contributed by atoms with Gasteiger partial charge in [-0.05, 0) is 17.2 Å². The molecule has 0 amide bonds. The SMILES string of the molecule is c1ccc(-c2ccc(-c3[nH]c4ccccc4c3-n3ccnc3)cc2)cc1. The molecule has 0 saturated heterocycles. The van der Waals surface area contributed by atoms with E-state index in [1.54, 1.807) is 0 Å². The molecule has 0 radical (unpaired) electrons. The van der Waals surface area contributed by atoms with Gasteiger partial charge in [-0.15, -0.1) is 0 Å². The number of nitrogens with one attached hydrogen (secondary N) is 1. The van der Waals surface area contributed by atoms with Crippen LogP contribution in [0.25, 0.3) is 39.0 Å². The summed E-state index contributed by atoms with van der Waals surface area (Å²) in [6.45, 7) is 0. The van der Waals surface area contributed by atoms with E-state index < -0.39 is 0 Å². The molecule has 2 heterocycles. The Hall–Kier alpha value is -3.59. The van der Waals surface area contributed by atoms with Crippen molar-refractivity contribution in [2.75, 3.05) is 0 Å². The Kier molecular flexibility index (Phi) is 3.42. The lowest BCUT2D eigenvalue weighted by atomic mass is 10.0. The Bertz CT molecular complexity index is 1150. The molecule has 0 bridgehead atoms. The average Bonchev–Trinajstić information content (AvgIpc) is 3.36. The lowest BCUT2D eigenvalue weighted by Gasteiger charge is -2.07. The number of para-hydroxylation sites is 1. The molecular weight excluding hydrogens is 318 g/mol. The van der Waals surface area contributed by atoms with E-state index in [9.17, 15) is 0 Å². The quantitative estimate of drug-likeness (QED) is 0.451. The first kappa shape index (κ1) is 14.7. The van der Waals surface area contributed by atoms with Crippen LogP contribution >= 0.6 is 0 Å². The van der Waals surface area contributed by atoms with Crippen molar-refractivity contribution in [1.29, 1.82) is 0 Å². The number of hydrogen-bond acceptors (Lipinski definition) is 1. The Morgan fingerprint density at radius 3 is 2.15 bits per heavy atom. The van der Waals surface area contributed by atoms with E-state index in [1.165, 1.54) is 16.5 Å². The molecule has 0 saturated carbocycles. The molecule has 3 heteroatoms. The summed E-state index contributed by atoms with van der Waals surface area (Å²) in [5, 5.41) is 1.19. The van der Waals surface area contributed by atoms with Gasteiger partial charge >= 0.3 is 0 Å². The molecule has 0 spiro atoms. The van der Waals surface area contributed by atoms with Crippen LogP contribution in [-0.4, -0.2) is 14.5 Å². The molecule has 5 aromatic rings. The lowest BCUT2D eigenvalue weighted by Crippen LogP contribution is -1.92. The summed E-state index contributed by atoms with van der Waals surface area (Å²) in [6.07, 6.45) is 5.64. The zero-order valence-electron chi connectivity index (χ0n) is 14.1. The molecule has 0 fully saturated rings. The van der Waals surface area contributed by atoms with Crippen LogP contribution in [0.4, 0.5) is 0 Å². The predicted molar refractivity (Wildman–Crippen MR) is 106 cm³/mol. The summed E-state index contributed by atoms with van der Waals surface area (Å²) in [5.41, 5.74) is 6.96. The lowest BCUT2D eigenvalue weighted by molar-refractivity contribution is 1.07. The highest BCUT2D eigenvalue weighted by atomic mass is 15.0. The summed E-state index contributed by atoms with van der Waals surface area (Å²) in [6, 6.07) is 27.5.